The van der Waals surface area contributed by atoms with E-state index in [1.54, 1.807) is 11.9 Å². The van der Waals surface area contributed by atoms with Crippen molar-refractivity contribution in [3.8, 4) is 0 Å². The van der Waals surface area contributed by atoms with Crippen molar-refractivity contribution in [2.75, 3.05) is 47.4 Å². The van der Waals surface area contributed by atoms with Gasteiger partial charge in [0.25, 0.3) is 0 Å². The highest BCUT2D eigenvalue weighted by Gasteiger charge is 2.42. The van der Waals surface area contributed by atoms with Crippen LogP contribution in [0, 0.1) is 5.41 Å². The maximum atomic E-state index is 12.6. The minimum absolute atomic E-state index is 0. The SMILES string of the molecule is CN=C(NCCCOCCc1ccccc1)NCC1(C(=O)N(C)C)CCCC1.I. The second kappa shape index (κ2) is 13.8. The molecule has 0 aromatic heterocycles. The Morgan fingerprint density at radius 3 is 2.45 bits per heavy atom. The first-order valence-electron chi connectivity index (χ1n) is 10.4. The fourth-order valence-corrected chi connectivity index (χ4v) is 3.78. The van der Waals surface area contributed by atoms with Crippen LogP contribution in [0.2, 0.25) is 0 Å². The molecular formula is C22H37IN4O2. The highest BCUT2D eigenvalue weighted by atomic mass is 127. The smallest absolute Gasteiger partial charge is 0.230 e. The number of benzene rings is 1. The molecule has 2 rings (SSSR count). The molecule has 0 unspecified atom stereocenters. The van der Waals surface area contributed by atoms with Gasteiger partial charge in [-0.25, -0.2) is 0 Å². The fourth-order valence-electron chi connectivity index (χ4n) is 3.78. The number of carbonyl (C=O) groups is 1. The Kier molecular flexibility index (Phi) is 12.2. The minimum Gasteiger partial charge on any atom is -0.381 e. The highest BCUT2D eigenvalue weighted by molar-refractivity contribution is 14.0. The van der Waals surface area contributed by atoms with Crippen molar-refractivity contribution in [1.29, 1.82) is 0 Å². The minimum atomic E-state index is -0.290. The molecule has 6 nitrogen and oxygen atoms in total. The van der Waals surface area contributed by atoms with E-state index in [4.69, 9.17) is 4.74 Å². The zero-order valence-electron chi connectivity index (χ0n) is 18.1. The van der Waals surface area contributed by atoms with Crippen LogP contribution in [0.15, 0.2) is 35.3 Å². The predicted molar refractivity (Wildman–Crippen MR) is 130 cm³/mol. The Labute approximate surface area is 192 Å². The molecule has 1 aromatic carbocycles. The molecule has 1 aromatic rings. The summed E-state index contributed by atoms with van der Waals surface area (Å²) < 4.78 is 5.72. The molecule has 1 amide bonds. The van der Waals surface area contributed by atoms with Crippen LogP contribution in [-0.4, -0.2) is 64.2 Å². The Morgan fingerprint density at radius 2 is 1.83 bits per heavy atom. The average Bonchev–Trinajstić information content (AvgIpc) is 3.19. The summed E-state index contributed by atoms with van der Waals surface area (Å²) in [5.41, 5.74) is 1.01. The number of rotatable bonds is 10. The number of nitrogens with one attached hydrogen (secondary N) is 2. The number of carbonyl (C=O) groups excluding carboxylic acids is 1. The summed E-state index contributed by atoms with van der Waals surface area (Å²) in [6.07, 6.45) is 5.99. The Morgan fingerprint density at radius 1 is 1.14 bits per heavy atom. The number of aliphatic imine (C=N–C) groups is 1. The molecule has 2 N–H and O–H groups in total. The molecule has 29 heavy (non-hydrogen) atoms. The third kappa shape index (κ3) is 8.50. The molecule has 0 spiro atoms. The van der Waals surface area contributed by atoms with E-state index in [0.29, 0.717) is 6.54 Å². The van der Waals surface area contributed by atoms with Crippen LogP contribution in [0.25, 0.3) is 0 Å². The maximum Gasteiger partial charge on any atom is 0.230 e. The van der Waals surface area contributed by atoms with Gasteiger partial charge in [-0.15, -0.1) is 24.0 Å². The molecule has 164 valence electrons. The lowest BCUT2D eigenvalue weighted by atomic mass is 9.84. The standard InChI is InChI=1S/C22H36N4O2.HI/c1-23-21(25-18-22(13-7-8-14-22)20(27)26(2)3)24-15-9-16-28-17-12-19-10-5-4-6-11-19;/h4-6,10-11H,7-9,12-18H2,1-3H3,(H2,23,24,25);1H. The van der Waals surface area contributed by atoms with Gasteiger partial charge in [0.05, 0.1) is 12.0 Å². The number of halogens is 1. The molecule has 0 atom stereocenters. The molecule has 1 aliphatic carbocycles. The number of hydrogen-bond donors (Lipinski definition) is 2. The number of nitrogens with zero attached hydrogens (tertiary/aromatic N) is 2. The topological polar surface area (TPSA) is 66.0 Å². The van der Waals surface area contributed by atoms with Gasteiger partial charge in [0.2, 0.25) is 5.91 Å². The van der Waals surface area contributed by atoms with Crippen LogP contribution < -0.4 is 10.6 Å². The number of hydrogen-bond acceptors (Lipinski definition) is 3. The zero-order chi connectivity index (χ0) is 20.2. The monoisotopic (exact) mass is 516 g/mol. The van der Waals surface area contributed by atoms with Crippen molar-refractivity contribution < 1.29 is 9.53 Å². The Hall–Kier alpha value is -1.35. The van der Waals surface area contributed by atoms with Gasteiger partial charge in [-0.3, -0.25) is 9.79 Å². The summed E-state index contributed by atoms with van der Waals surface area (Å²) in [5.74, 6) is 0.974. The van der Waals surface area contributed by atoms with Crippen molar-refractivity contribution in [2.45, 2.75) is 38.5 Å². The van der Waals surface area contributed by atoms with Gasteiger partial charge >= 0.3 is 0 Å². The van der Waals surface area contributed by atoms with Crippen LogP contribution in [0.3, 0.4) is 0 Å². The van der Waals surface area contributed by atoms with Gasteiger partial charge in [0, 0.05) is 40.8 Å². The Balaban J connectivity index is 0.00000420. The van der Waals surface area contributed by atoms with Gasteiger partial charge < -0.3 is 20.3 Å². The molecule has 7 heteroatoms. The van der Waals surface area contributed by atoms with Gasteiger partial charge in [-0.1, -0.05) is 43.2 Å². The number of ether oxygens (including phenoxy) is 1. The first-order valence-corrected chi connectivity index (χ1v) is 10.4. The van der Waals surface area contributed by atoms with Crippen LogP contribution in [0.1, 0.15) is 37.7 Å². The van der Waals surface area contributed by atoms with Crippen molar-refractivity contribution in [2.24, 2.45) is 10.4 Å². The van der Waals surface area contributed by atoms with Crippen LogP contribution >= 0.6 is 24.0 Å². The zero-order valence-corrected chi connectivity index (χ0v) is 20.4. The van der Waals surface area contributed by atoms with Crippen molar-refractivity contribution >= 4 is 35.8 Å². The molecular weight excluding hydrogens is 479 g/mol. The largest absolute Gasteiger partial charge is 0.381 e. The summed E-state index contributed by atoms with van der Waals surface area (Å²) in [4.78, 5) is 18.6. The van der Waals surface area contributed by atoms with Crippen molar-refractivity contribution in [3.63, 3.8) is 0 Å². The van der Waals surface area contributed by atoms with Gasteiger partial charge in [0.15, 0.2) is 5.96 Å². The van der Waals surface area contributed by atoms with Crippen LogP contribution in [-0.2, 0) is 16.0 Å². The second-order valence-electron chi connectivity index (χ2n) is 7.74. The maximum absolute atomic E-state index is 12.6. The molecule has 0 radical (unpaired) electrons. The molecule has 1 saturated carbocycles. The summed E-state index contributed by atoms with van der Waals surface area (Å²) in [6.45, 7) is 2.89. The summed E-state index contributed by atoms with van der Waals surface area (Å²) in [6, 6.07) is 10.4. The fraction of sp³-hybridized carbons (Fsp3) is 0.636. The lowest BCUT2D eigenvalue weighted by Gasteiger charge is -2.31. The number of guanidine groups is 1. The lowest BCUT2D eigenvalue weighted by Crippen LogP contribution is -2.49. The third-order valence-electron chi connectivity index (χ3n) is 5.37. The van der Waals surface area contributed by atoms with E-state index in [1.807, 2.05) is 20.2 Å². The van der Waals surface area contributed by atoms with E-state index < -0.39 is 0 Å². The van der Waals surface area contributed by atoms with Gasteiger partial charge in [-0.2, -0.15) is 0 Å². The summed E-state index contributed by atoms with van der Waals surface area (Å²) >= 11 is 0. The first kappa shape index (κ1) is 25.7. The van der Waals surface area contributed by atoms with Crippen molar-refractivity contribution in [1.82, 2.24) is 15.5 Å². The van der Waals surface area contributed by atoms with E-state index in [-0.39, 0.29) is 35.3 Å². The van der Waals surface area contributed by atoms with E-state index in [2.05, 4.69) is 39.9 Å². The second-order valence-corrected chi connectivity index (χ2v) is 7.74. The first-order chi connectivity index (χ1) is 13.6. The Bertz CT molecular complexity index is 616. The number of amides is 1. The van der Waals surface area contributed by atoms with Crippen molar-refractivity contribution in [3.05, 3.63) is 35.9 Å². The molecule has 0 heterocycles. The summed E-state index contributed by atoms with van der Waals surface area (Å²) in [7, 11) is 5.45. The third-order valence-corrected chi connectivity index (χ3v) is 5.37. The molecule has 0 bridgehead atoms. The van der Waals surface area contributed by atoms with Gasteiger partial charge in [-0.05, 0) is 31.2 Å². The lowest BCUT2D eigenvalue weighted by molar-refractivity contribution is -0.138. The van der Waals surface area contributed by atoms with Crippen LogP contribution in [0.5, 0.6) is 0 Å². The molecule has 0 saturated heterocycles. The van der Waals surface area contributed by atoms with E-state index in [9.17, 15) is 4.79 Å². The van der Waals surface area contributed by atoms with E-state index >= 15 is 0 Å². The molecule has 0 aliphatic heterocycles. The van der Waals surface area contributed by atoms with E-state index in [1.165, 1.54) is 5.56 Å². The predicted octanol–water partition coefficient (Wildman–Crippen LogP) is 3.07. The van der Waals surface area contributed by atoms with Gasteiger partial charge in [0.1, 0.15) is 0 Å². The van der Waals surface area contributed by atoms with E-state index in [0.717, 1.165) is 64.2 Å². The quantitative estimate of drug-likeness (QED) is 0.217. The molecule has 1 fully saturated rings. The summed E-state index contributed by atoms with van der Waals surface area (Å²) in [5, 5.41) is 6.68. The highest BCUT2D eigenvalue weighted by Crippen LogP contribution is 2.38. The van der Waals surface area contributed by atoms with Crippen LogP contribution in [0.4, 0.5) is 0 Å². The average molecular weight is 516 g/mol. The normalized spacial score (nSPS) is 15.5. The molecule has 1 aliphatic rings.